The summed E-state index contributed by atoms with van der Waals surface area (Å²) in [6.07, 6.45) is -2.92. The second kappa shape index (κ2) is 12.0. The molecule has 8 nitrogen and oxygen atoms in total. The van der Waals surface area contributed by atoms with Crippen LogP contribution >= 0.6 is 11.8 Å². The van der Waals surface area contributed by atoms with Crippen LogP contribution in [0.1, 0.15) is 27.9 Å². The number of hydrogen-bond acceptors (Lipinski definition) is 8. The summed E-state index contributed by atoms with van der Waals surface area (Å²) in [6, 6.07) is 24.8. The first-order valence-corrected chi connectivity index (χ1v) is 14.4. The zero-order valence-electron chi connectivity index (χ0n) is 22.8. The molecule has 3 heterocycles. The zero-order valence-corrected chi connectivity index (χ0v) is 23.6. The molecule has 0 aliphatic carbocycles. The van der Waals surface area contributed by atoms with E-state index >= 15 is 0 Å². The normalized spacial score (nSPS) is 16.5. The number of benzene rings is 3. The quantitative estimate of drug-likeness (QED) is 0.249. The number of fused-ring (bicyclic) bond motifs is 1. The minimum Gasteiger partial charge on any atom is -0.489 e. The third kappa shape index (κ3) is 6.60. The molecule has 0 fully saturated rings. The number of carbonyl (C=O) groups excluding carboxylic acids is 1. The summed E-state index contributed by atoms with van der Waals surface area (Å²) >= 11 is 1.43. The van der Waals surface area contributed by atoms with Crippen LogP contribution in [0.5, 0.6) is 5.75 Å². The first-order valence-electron chi connectivity index (χ1n) is 13.5. The summed E-state index contributed by atoms with van der Waals surface area (Å²) in [5, 5.41) is 6.47. The molecule has 1 amide bonds. The smallest absolute Gasteiger partial charge is 0.471 e. The average Bonchev–Trinajstić information content (AvgIpc) is 3.41. The van der Waals surface area contributed by atoms with Crippen LogP contribution in [0.2, 0.25) is 0 Å². The molecule has 0 spiro atoms. The van der Waals surface area contributed by atoms with E-state index in [1.165, 1.54) is 11.8 Å². The molecular formula is C31H27F3N6O2S. The Morgan fingerprint density at radius 1 is 1.07 bits per heavy atom. The van der Waals surface area contributed by atoms with E-state index in [4.69, 9.17) is 15.5 Å². The molecule has 6 rings (SSSR count). The van der Waals surface area contributed by atoms with Crippen molar-refractivity contribution in [2.24, 2.45) is 5.73 Å². The van der Waals surface area contributed by atoms with E-state index < -0.39 is 12.1 Å². The Labute approximate surface area is 250 Å². The standard InChI is InChI=1S/C31H27F3N6O2S/c32-31(33,34)28(41)40-14-12-20-9-10-23(15-22(20)17-40)37-30-36-13-11-25(38-30)27-26(39-29(35)43-27)21-7-4-8-24(16-21)42-18-19-5-2-1-3-6-19/h1-11,13,15-16,29,39H,12,14,17-18,35H2,(H,36,37,38). The Morgan fingerprint density at radius 2 is 1.91 bits per heavy atom. The molecule has 12 heteroatoms. The van der Waals surface area contributed by atoms with Crippen LogP contribution in [-0.4, -0.2) is 39.0 Å². The van der Waals surface area contributed by atoms with E-state index in [-0.39, 0.29) is 18.6 Å². The largest absolute Gasteiger partial charge is 0.489 e. The van der Waals surface area contributed by atoms with Crippen molar-refractivity contribution in [1.82, 2.24) is 20.2 Å². The predicted octanol–water partition coefficient (Wildman–Crippen LogP) is 5.65. The van der Waals surface area contributed by atoms with Crippen molar-refractivity contribution in [3.63, 3.8) is 0 Å². The summed E-state index contributed by atoms with van der Waals surface area (Å²) in [5.41, 5.74) is 11.5. The fraction of sp³-hybridized carbons (Fsp3) is 0.194. The van der Waals surface area contributed by atoms with Crippen LogP contribution < -0.4 is 21.1 Å². The van der Waals surface area contributed by atoms with Crippen molar-refractivity contribution in [1.29, 1.82) is 0 Å². The van der Waals surface area contributed by atoms with Gasteiger partial charge in [-0.3, -0.25) is 4.79 Å². The third-order valence-corrected chi connectivity index (χ3v) is 8.04. The van der Waals surface area contributed by atoms with Crippen molar-refractivity contribution in [2.45, 2.75) is 31.2 Å². The van der Waals surface area contributed by atoms with Gasteiger partial charge < -0.3 is 26.0 Å². The number of ether oxygens (including phenoxy) is 1. The lowest BCUT2D eigenvalue weighted by Crippen LogP contribution is -2.43. The highest BCUT2D eigenvalue weighted by molar-refractivity contribution is 8.09. The van der Waals surface area contributed by atoms with E-state index in [0.29, 0.717) is 41.7 Å². The molecule has 1 aromatic heterocycles. The van der Waals surface area contributed by atoms with Crippen molar-refractivity contribution in [2.75, 3.05) is 11.9 Å². The Morgan fingerprint density at radius 3 is 2.72 bits per heavy atom. The molecule has 43 heavy (non-hydrogen) atoms. The van der Waals surface area contributed by atoms with Gasteiger partial charge in [0.05, 0.1) is 16.3 Å². The maximum Gasteiger partial charge on any atom is 0.471 e. The van der Waals surface area contributed by atoms with E-state index in [9.17, 15) is 18.0 Å². The molecule has 0 saturated carbocycles. The third-order valence-electron chi connectivity index (χ3n) is 7.02. The lowest BCUT2D eigenvalue weighted by molar-refractivity contribution is -0.186. The SMILES string of the molecule is NC1NC(c2cccc(OCc3ccccc3)c2)=C(c2ccnc(Nc3ccc4c(c3)CN(C(=O)C(F)(F)F)CC4)n2)S1. The second-order valence-corrected chi connectivity index (χ2v) is 11.2. The Hall–Kier alpha value is -4.55. The molecule has 0 radical (unpaired) electrons. The molecule has 3 aromatic carbocycles. The number of thioether (sulfide) groups is 1. The van der Waals surface area contributed by atoms with E-state index in [1.54, 1.807) is 18.3 Å². The fourth-order valence-electron chi connectivity index (χ4n) is 4.97. The van der Waals surface area contributed by atoms with Gasteiger partial charge in [0.15, 0.2) is 0 Å². The van der Waals surface area contributed by atoms with Gasteiger partial charge in [-0.05, 0) is 53.4 Å². The summed E-state index contributed by atoms with van der Waals surface area (Å²) in [4.78, 5) is 22.5. The second-order valence-electron chi connectivity index (χ2n) is 10.0. The molecular weight excluding hydrogens is 577 g/mol. The van der Waals surface area contributed by atoms with Gasteiger partial charge in [0.1, 0.15) is 17.9 Å². The number of nitrogens with two attached hydrogens (primary N) is 1. The van der Waals surface area contributed by atoms with Gasteiger partial charge in [-0.15, -0.1) is 0 Å². The summed E-state index contributed by atoms with van der Waals surface area (Å²) in [7, 11) is 0. The first kappa shape index (κ1) is 28.6. The Bertz CT molecular complexity index is 1680. The number of rotatable bonds is 7. The van der Waals surface area contributed by atoms with Gasteiger partial charge in [0.2, 0.25) is 5.95 Å². The molecule has 220 valence electrons. The molecule has 4 aromatic rings. The minimum atomic E-state index is -4.90. The number of anilines is 2. The van der Waals surface area contributed by atoms with Crippen LogP contribution in [0.3, 0.4) is 0 Å². The molecule has 4 N–H and O–H groups in total. The van der Waals surface area contributed by atoms with Gasteiger partial charge in [-0.1, -0.05) is 60.3 Å². The predicted molar refractivity (Wildman–Crippen MR) is 160 cm³/mol. The van der Waals surface area contributed by atoms with Crippen molar-refractivity contribution in [3.05, 3.63) is 113 Å². The molecule has 1 atom stereocenters. The number of aromatic nitrogens is 2. The van der Waals surface area contributed by atoms with E-state index in [1.807, 2.05) is 66.7 Å². The highest BCUT2D eigenvalue weighted by Crippen LogP contribution is 2.40. The molecule has 2 aliphatic heterocycles. The van der Waals surface area contributed by atoms with E-state index in [2.05, 4.69) is 15.6 Å². The van der Waals surface area contributed by atoms with Crippen molar-refractivity contribution < 1.29 is 22.7 Å². The van der Waals surface area contributed by atoms with Crippen LogP contribution in [0.15, 0.2) is 85.1 Å². The maximum absolute atomic E-state index is 13.0. The molecule has 0 saturated heterocycles. The number of carbonyl (C=O) groups is 1. The highest BCUT2D eigenvalue weighted by atomic mass is 32.2. The van der Waals surface area contributed by atoms with Crippen LogP contribution in [0.25, 0.3) is 10.6 Å². The summed E-state index contributed by atoms with van der Waals surface area (Å²) in [6.45, 7) is 0.351. The van der Waals surface area contributed by atoms with Crippen LogP contribution in [0, 0.1) is 0 Å². The topological polar surface area (TPSA) is 105 Å². The van der Waals surface area contributed by atoms with Gasteiger partial charge in [-0.2, -0.15) is 13.2 Å². The van der Waals surface area contributed by atoms with Crippen LogP contribution in [-0.2, 0) is 24.4 Å². The lowest BCUT2D eigenvalue weighted by atomic mass is 9.99. The molecule has 1 unspecified atom stereocenters. The summed E-state index contributed by atoms with van der Waals surface area (Å²) < 4.78 is 45.0. The minimum absolute atomic E-state index is 0.0244. The van der Waals surface area contributed by atoms with Gasteiger partial charge in [0.25, 0.3) is 0 Å². The number of amides is 1. The monoisotopic (exact) mass is 604 g/mol. The highest BCUT2D eigenvalue weighted by Gasteiger charge is 2.43. The van der Waals surface area contributed by atoms with Crippen molar-refractivity contribution >= 4 is 39.9 Å². The number of alkyl halides is 3. The van der Waals surface area contributed by atoms with Gasteiger partial charge in [-0.25, -0.2) is 9.97 Å². The zero-order chi connectivity index (χ0) is 30.0. The lowest BCUT2D eigenvalue weighted by Gasteiger charge is -2.29. The van der Waals surface area contributed by atoms with Crippen LogP contribution in [0.4, 0.5) is 24.8 Å². The number of nitrogens with zero attached hydrogens (tertiary/aromatic N) is 3. The molecule has 2 aliphatic rings. The summed E-state index contributed by atoms with van der Waals surface area (Å²) in [5.74, 6) is -0.802. The van der Waals surface area contributed by atoms with E-state index in [0.717, 1.165) is 32.2 Å². The van der Waals surface area contributed by atoms with Crippen molar-refractivity contribution in [3.8, 4) is 5.75 Å². The average molecular weight is 605 g/mol. The Kier molecular flexibility index (Phi) is 7.96. The van der Waals surface area contributed by atoms with Gasteiger partial charge in [0, 0.05) is 30.5 Å². The fourth-order valence-corrected chi connectivity index (χ4v) is 5.93. The number of hydrogen-bond donors (Lipinski definition) is 3. The molecule has 0 bridgehead atoms. The Balaban J connectivity index is 1.21. The maximum atomic E-state index is 13.0. The number of nitrogens with one attached hydrogen (secondary N) is 2. The van der Waals surface area contributed by atoms with Gasteiger partial charge >= 0.3 is 12.1 Å². The first-order chi connectivity index (χ1) is 20.7. The number of halogens is 3.